The number of rotatable bonds is 23. The molecule has 4 N–H and O–H groups in total. The van der Waals surface area contributed by atoms with E-state index >= 15 is 0 Å². The summed E-state index contributed by atoms with van der Waals surface area (Å²) in [6, 6.07) is 0. The number of hydrogen-bond donors (Lipinski definition) is 4. The molecule has 0 unspecified atom stereocenters. The number of amides is 3. The summed E-state index contributed by atoms with van der Waals surface area (Å²) in [5.41, 5.74) is 0. The van der Waals surface area contributed by atoms with Crippen molar-refractivity contribution in [3.63, 3.8) is 0 Å². The highest BCUT2D eigenvalue weighted by molar-refractivity contribution is 5.75. The second kappa shape index (κ2) is 30.5. The summed E-state index contributed by atoms with van der Waals surface area (Å²) in [6.07, 6.45) is 4.43. The molecule has 0 rings (SSSR count). The topological polar surface area (TPSA) is 170 Å². The van der Waals surface area contributed by atoms with Crippen LogP contribution in [0.25, 0.3) is 0 Å². The van der Waals surface area contributed by atoms with Gasteiger partial charge in [0.1, 0.15) is 31.9 Å². The lowest BCUT2D eigenvalue weighted by Gasteiger charge is -2.18. The van der Waals surface area contributed by atoms with E-state index in [4.69, 9.17) is 18.9 Å². The SMILES string of the molecule is CCNC(=O)OCC(COC(=O)NCC)OCCCC(=O)NCCOCCCCNC.O=CCCCC=O. The Hall–Kier alpha value is -2.77. The van der Waals surface area contributed by atoms with Gasteiger partial charge in [-0.1, -0.05) is 0 Å². The highest BCUT2D eigenvalue weighted by Gasteiger charge is 2.15. The molecule has 0 saturated carbocycles. The van der Waals surface area contributed by atoms with Crippen molar-refractivity contribution < 1.29 is 42.9 Å². The Kier molecular flexibility index (Phi) is 30.0. The van der Waals surface area contributed by atoms with E-state index in [1.807, 2.05) is 7.05 Å². The summed E-state index contributed by atoms with van der Waals surface area (Å²) in [6.45, 7) is 7.16. The Balaban J connectivity index is 0. The average Bonchev–Trinajstić information content (AvgIpc) is 2.90. The van der Waals surface area contributed by atoms with Crippen LogP contribution < -0.4 is 21.3 Å². The number of aldehydes is 2. The smallest absolute Gasteiger partial charge is 0.407 e. The van der Waals surface area contributed by atoms with Crippen molar-refractivity contribution >= 4 is 30.7 Å². The number of nitrogens with one attached hydrogen (secondary N) is 4. The third kappa shape index (κ3) is 29.5. The minimum absolute atomic E-state index is 0.0664. The lowest BCUT2D eigenvalue weighted by atomic mass is 10.3. The second-order valence-corrected chi connectivity index (χ2v) is 7.89. The van der Waals surface area contributed by atoms with Gasteiger partial charge in [-0.05, 0) is 53.1 Å². The van der Waals surface area contributed by atoms with E-state index in [0.29, 0.717) is 65.0 Å². The van der Waals surface area contributed by atoms with E-state index in [2.05, 4.69) is 21.3 Å². The first kappa shape index (κ1) is 37.4. The molecule has 0 aromatic heterocycles. The average molecular weight is 549 g/mol. The molecule has 0 aromatic rings. The minimum Gasteiger partial charge on any atom is -0.447 e. The van der Waals surface area contributed by atoms with Gasteiger partial charge in [0.2, 0.25) is 5.91 Å². The molecule has 0 spiro atoms. The Morgan fingerprint density at radius 3 is 1.87 bits per heavy atom. The number of hydrogen-bond acceptors (Lipinski definition) is 10. The standard InChI is InChI=1S/C20H40N4O7.C5H8O2/c1-4-22-19(26)30-15-17(16-31-20(27)23-5-2)29-13-8-9-18(25)24-11-14-28-12-7-6-10-21-3;6-4-2-1-3-5-7/h17,21H,4-16H2,1-3H3,(H,22,26)(H,23,27)(H,24,25);4-5H,1-3H2. The largest absolute Gasteiger partial charge is 0.447 e. The Labute approximate surface area is 226 Å². The van der Waals surface area contributed by atoms with Crippen LogP contribution in [0.4, 0.5) is 9.59 Å². The zero-order valence-corrected chi connectivity index (χ0v) is 23.2. The lowest BCUT2D eigenvalue weighted by molar-refractivity contribution is -0.122. The first-order valence-corrected chi connectivity index (χ1v) is 13.2. The molecule has 3 amide bonds. The number of carbonyl (C=O) groups excluding carboxylic acids is 5. The maximum atomic E-state index is 11.8. The van der Waals surface area contributed by atoms with Crippen molar-refractivity contribution in [2.75, 3.05) is 66.3 Å². The van der Waals surface area contributed by atoms with Crippen LogP contribution in [0, 0.1) is 0 Å². The number of unbranched alkanes of at least 4 members (excludes halogenated alkanes) is 3. The van der Waals surface area contributed by atoms with Gasteiger partial charge < -0.3 is 49.8 Å². The first-order chi connectivity index (χ1) is 18.4. The van der Waals surface area contributed by atoms with Crippen LogP contribution in [-0.4, -0.2) is 103 Å². The van der Waals surface area contributed by atoms with E-state index in [0.717, 1.165) is 32.0 Å². The maximum Gasteiger partial charge on any atom is 0.407 e. The third-order valence-electron chi connectivity index (χ3n) is 4.52. The van der Waals surface area contributed by atoms with Crippen LogP contribution in [0.2, 0.25) is 0 Å². The molecule has 13 nitrogen and oxygen atoms in total. The summed E-state index contributed by atoms with van der Waals surface area (Å²) in [4.78, 5) is 53.9. The zero-order chi connectivity index (χ0) is 28.7. The highest BCUT2D eigenvalue weighted by atomic mass is 16.6. The van der Waals surface area contributed by atoms with Crippen LogP contribution in [0.15, 0.2) is 0 Å². The van der Waals surface area contributed by atoms with Crippen molar-refractivity contribution in [2.24, 2.45) is 0 Å². The molecule has 0 radical (unpaired) electrons. The van der Waals surface area contributed by atoms with Crippen molar-refractivity contribution in [1.29, 1.82) is 0 Å². The van der Waals surface area contributed by atoms with E-state index in [1.54, 1.807) is 13.8 Å². The monoisotopic (exact) mass is 548 g/mol. The van der Waals surface area contributed by atoms with Crippen LogP contribution >= 0.6 is 0 Å². The lowest BCUT2D eigenvalue weighted by Crippen LogP contribution is -2.34. The molecular weight excluding hydrogens is 500 g/mol. The van der Waals surface area contributed by atoms with Gasteiger partial charge in [0.25, 0.3) is 0 Å². The molecule has 13 heteroatoms. The Morgan fingerprint density at radius 1 is 0.737 bits per heavy atom. The van der Waals surface area contributed by atoms with Crippen LogP contribution in [0.3, 0.4) is 0 Å². The quantitative estimate of drug-likeness (QED) is 0.108. The fourth-order valence-corrected chi connectivity index (χ4v) is 2.60. The predicted octanol–water partition coefficient (Wildman–Crippen LogP) is 1.33. The highest BCUT2D eigenvalue weighted by Crippen LogP contribution is 2.00. The normalized spacial score (nSPS) is 10.1. The van der Waals surface area contributed by atoms with Gasteiger partial charge in [0.15, 0.2) is 0 Å². The molecule has 0 bridgehead atoms. The van der Waals surface area contributed by atoms with Gasteiger partial charge in [-0.15, -0.1) is 0 Å². The van der Waals surface area contributed by atoms with Crippen molar-refractivity contribution in [3.05, 3.63) is 0 Å². The number of alkyl carbamates (subject to hydrolysis) is 2. The molecule has 0 heterocycles. The van der Waals surface area contributed by atoms with E-state index in [-0.39, 0.29) is 25.7 Å². The van der Waals surface area contributed by atoms with Crippen LogP contribution in [-0.2, 0) is 33.3 Å². The molecule has 0 saturated heterocycles. The van der Waals surface area contributed by atoms with E-state index < -0.39 is 18.3 Å². The molecule has 0 aliphatic carbocycles. The third-order valence-corrected chi connectivity index (χ3v) is 4.52. The molecule has 0 atom stereocenters. The summed E-state index contributed by atoms with van der Waals surface area (Å²) < 4.78 is 21.2. The minimum atomic E-state index is -0.621. The molecule has 0 aromatic carbocycles. The van der Waals surface area contributed by atoms with Gasteiger partial charge in [0, 0.05) is 52.1 Å². The molecule has 0 fully saturated rings. The predicted molar refractivity (Wildman–Crippen MR) is 142 cm³/mol. The Morgan fingerprint density at radius 2 is 1.34 bits per heavy atom. The molecular formula is C25H48N4O9. The van der Waals surface area contributed by atoms with Gasteiger partial charge in [-0.3, -0.25) is 4.79 Å². The van der Waals surface area contributed by atoms with Gasteiger partial charge >= 0.3 is 12.2 Å². The summed E-state index contributed by atoms with van der Waals surface area (Å²) in [5, 5.41) is 10.9. The van der Waals surface area contributed by atoms with Crippen LogP contribution in [0.1, 0.15) is 58.8 Å². The van der Waals surface area contributed by atoms with Crippen molar-refractivity contribution in [3.8, 4) is 0 Å². The molecule has 222 valence electrons. The fraction of sp³-hybridized carbons (Fsp3) is 0.800. The summed E-state index contributed by atoms with van der Waals surface area (Å²) >= 11 is 0. The molecule has 0 aliphatic rings. The summed E-state index contributed by atoms with van der Waals surface area (Å²) in [5.74, 6) is -0.0870. The number of carbonyl (C=O) groups is 5. The maximum absolute atomic E-state index is 11.8. The van der Waals surface area contributed by atoms with Gasteiger partial charge in [-0.25, -0.2) is 9.59 Å². The van der Waals surface area contributed by atoms with Gasteiger partial charge in [0.05, 0.1) is 6.61 Å². The van der Waals surface area contributed by atoms with Crippen LogP contribution in [0.5, 0.6) is 0 Å². The van der Waals surface area contributed by atoms with E-state index in [9.17, 15) is 24.0 Å². The van der Waals surface area contributed by atoms with E-state index in [1.165, 1.54) is 0 Å². The van der Waals surface area contributed by atoms with Crippen molar-refractivity contribution in [2.45, 2.75) is 64.9 Å². The second-order valence-electron chi connectivity index (χ2n) is 7.89. The number of ether oxygens (including phenoxy) is 4. The molecule has 38 heavy (non-hydrogen) atoms. The Bertz CT molecular complexity index is 579. The molecule has 0 aliphatic heterocycles. The first-order valence-electron chi connectivity index (χ1n) is 13.2. The fourth-order valence-electron chi connectivity index (χ4n) is 2.60. The van der Waals surface area contributed by atoms with Gasteiger partial charge in [-0.2, -0.15) is 0 Å². The van der Waals surface area contributed by atoms with Crippen molar-refractivity contribution in [1.82, 2.24) is 21.3 Å². The zero-order valence-electron chi connectivity index (χ0n) is 23.2. The summed E-state index contributed by atoms with van der Waals surface area (Å²) in [7, 11) is 1.92.